The summed E-state index contributed by atoms with van der Waals surface area (Å²) in [6.45, 7) is 5.75. The quantitative estimate of drug-likeness (QED) is 0.849. The first-order valence-electron chi connectivity index (χ1n) is 7.61. The van der Waals surface area contributed by atoms with Crippen molar-refractivity contribution in [3.05, 3.63) is 53.2 Å². The van der Waals surface area contributed by atoms with Crippen molar-refractivity contribution in [2.24, 2.45) is 0 Å². The fourth-order valence-corrected chi connectivity index (χ4v) is 2.83. The van der Waals surface area contributed by atoms with E-state index >= 15 is 0 Å². The van der Waals surface area contributed by atoms with Crippen LogP contribution in [-0.4, -0.2) is 52.8 Å². The Kier molecular flexibility index (Phi) is 4.14. The number of aryl methyl sites for hydroxylation is 2. The zero-order chi connectivity index (χ0) is 16.4. The van der Waals surface area contributed by atoms with Crippen LogP contribution < -0.4 is 0 Å². The lowest BCUT2D eigenvalue weighted by Crippen LogP contribution is -2.50. The zero-order valence-corrected chi connectivity index (χ0v) is 13.3. The monoisotopic (exact) mass is 313 g/mol. The van der Waals surface area contributed by atoms with E-state index in [0.29, 0.717) is 43.1 Å². The molecule has 0 N–H and O–H groups in total. The number of nitrogens with zero attached hydrogens (tertiary/aromatic N) is 3. The molecule has 0 atom stereocenters. The number of carbonyl (C=O) groups is 2. The summed E-state index contributed by atoms with van der Waals surface area (Å²) in [6, 6.07) is 3.50. The van der Waals surface area contributed by atoms with Crippen LogP contribution in [0.3, 0.4) is 0 Å². The highest BCUT2D eigenvalue weighted by atomic mass is 16.3. The van der Waals surface area contributed by atoms with Gasteiger partial charge in [-0.15, -0.1) is 0 Å². The van der Waals surface area contributed by atoms with Gasteiger partial charge < -0.3 is 14.2 Å². The summed E-state index contributed by atoms with van der Waals surface area (Å²) in [4.78, 5) is 32.5. The number of furan rings is 1. The van der Waals surface area contributed by atoms with Crippen molar-refractivity contribution in [1.29, 1.82) is 0 Å². The third-order valence-corrected chi connectivity index (χ3v) is 4.14. The van der Waals surface area contributed by atoms with E-state index < -0.39 is 0 Å². The number of pyridine rings is 1. The van der Waals surface area contributed by atoms with Crippen molar-refractivity contribution in [2.75, 3.05) is 26.2 Å². The molecule has 1 fully saturated rings. The van der Waals surface area contributed by atoms with E-state index in [2.05, 4.69) is 4.98 Å². The van der Waals surface area contributed by atoms with Crippen LogP contribution in [0.15, 0.2) is 35.2 Å². The van der Waals surface area contributed by atoms with Gasteiger partial charge in [-0.05, 0) is 26.0 Å². The SMILES string of the molecule is Cc1coc(C)c1C(=O)N1CCN(C(=O)c2cccnc2)CC1. The Hall–Kier alpha value is -2.63. The predicted octanol–water partition coefficient (Wildman–Crippen LogP) is 1.89. The molecule has 0 unspecified atom stereocenters. The molecule has 0 aliphatic carbocycles. The summed E-state index contributed by atoms with van der Waals surface area (Å²) in [7, 11) is 0. The maximum absolute atomic E-state index is 12.6. The average molecular weight is 313 g/mol. The summed E-state index contributed by atoms with van der Waals surface area (Å²) in [5, 5.41) is 0. The second kappa shape index (κ2) is 6.24. The van der Waals surface area contributed by atoms with Crippen LogP contribution in [0.4, 0.5) is 0 Å². The molecule has 2 amide bonds. The molecule has 0 bridgehead atoms. The Morgan fingerprint density at radius 1 is 1.09 bits per heavy atom. The average Bonchev–Trinajstić information content (AvgIpc) is 2.93. The van der Waals surface area contributed by atoms with Crippen molar-refractivity contribution in [3.8, 4) is 0 Å². The van der Waals surface area contributed by atoms with Gasteiger partial charge in [-0.3, -0.25) is 14.6 Å². The Balaban J connectivity index is 1.65. The number of piperazine rings is 1. The highest BCUT2D eigenvalue weighted by Crippen LogP contribution is 2.19. The molecular weight excluding hydrogens is 294 g/mol. The van der Waals surface area contributed by atoms with Crippen LogP contribution in [-0.2, 0) is 0 Å². The number of amides is 2. The number of aromatic nitrogens is 1. The molecule has 0 spiro atoms. The van der Waals surface area contributed by atoms with Gasteiger partial charge in [0.1, 0.15) is 5.76 Å². The molecule has 3 heterocycles. The van der Waals surface area contributed by atoms with Crippen LogP contribution in [0.25, 0.3) is 0 Å². The Labute approximate surface area is 134 Å². The molecule has 6 nitrogen and oxygen atoms in total. The molecule has 120 valence electrons. The minimum atomic E-state index is -0.0409. The van der Waals surface area contributed by atoms with Gasteiger partial charge in [0.25, 0.3) is 11.8 Å². The summed E-state index contributed by atoms with van der Waals surface area (Å²) in [5.74, 6) is 0.574. The van der Waals surface area contributed by atoms with E-state index in [1.54, 1.807) is 47.5 Å². The normalized spacial score (nSPS) is 14.9. The van der Waals surface area contributed by atoms with Gasteiger partial charge in [0.15, 0.2) is 0 Å². The Bertz CT molecular complexity index is 696. The third-order valence-electron chi connectivity index (χ3n) is 4.14. The van der Waals surface area contributed by atoms with Crippen LogP contribution >= 0.6 is 0 Å². The molecular formula is C17H19N3O3. The number of hydrogen-bond acceptors (Lipinski definition) is 4. The van der Waals surface area contributed by atoms with Gasteiger partial charge in [-0.25, -0.2) is 0 Å². The number of rotatable bonds is 2. The molecule has 23 heavy (non-hydrogen) atoms. The fourth-order valence-electron chi connectivity index (χ4n) is 2.83. The first kappa shape index (κ1) is 15.3. The van der Waals surface area contributed by atoms with Gasteiger partial charge in [-0.2, -0.15) is 0 Å². The summed E-state index contributed by atoms with van der Waals surface area (Å²) >= 11 is 0. The molecule has 1 aliphatic rings. The maximum Gasteiger partial charge on any atom is 0.257 e. The molecule has 6 heteroatoms. The number of carbonyl (C=O) groups excluding carboxylic acids is 2. The van der Waals surface area contributed by atoms with E-state index in [-0.39, 0.29) is 11.8 Å². The second-order valence-corrected chi connectivity index (χ2v) is 5.68. The lowest BCUT2D eigenvalue weighted by atomic mass is 10.1. The summed E-state index contributed by atoms with van der Waals surface area (Å²) in [6.07, 6.45) is 4.81. The zero-order valence-electron chi connectivity index (χ0n) is 13.3. The van der Waals surface area contributed by atoms with E-state index in [1.165, 1.54) is 0 Å². The molecule has 1 saturated heterocycles. The highest BCUT2D eigenvalue weighted by Gasteiger charge is 2.27. The van der Waals surface area contributed by atoms with E-state index in [0.717, 1.165) is 5.56 Å². The Morgan fingerprint density at radius 3 is 2.26 bits per heavy atom. The van der Waals surface area contributed by atoms with E-state index in [4.69, 9.17) is 4.42 Å². The van der Waals surface area contributed by atoms with Crippen LogP contribution in [0.1, 0.15) is 32.0 Å². The van der Waals surface area contributed by atoms with Crippen LogP contribution in [0.5, 0.6) is 0 Å². The van der Waals surface area contributed by atoms with Crippen LogP contribution in [0, 0.1) is 13.8 Å². The standard InChI is InChI=1S/C17H19N3O3/c1-12-11-23-13(2)15(12)17(22)20-8-6-19(7-9-20)16(21)14-4-3-5-18-10-14/h3-5,10-11H,6-9H2,1-2H3. The molecule has 0 aromatic carbocycles. The topological polar surface area (TPSA) is 66.7 Å². The van der Waals surface area contributed by atoms with Crippen LogP contribution in [0.2, 0.25) is 0 Å². The molecule has 0 radical (unpaired) electrons. The van der Waals surface area contributed by atoms with Crippen molar-refractivity contribution >= 4 is 11.8 Å². The minimum Gasteiger partial charge on any atom is -0.469 e. The molecule has 3 rings (SSSR count). The van der Waals surface area contributed by atoms with Gasteiger partial charge >= 0.3 is 0 Å². The first-order chi connectivity index (χ1) is 11.1. The minimum absolute atomic E-state index is 0.0257. The lowest BCUT2D eigenvalue weighted by molar-refractivity contribution is 0.0534. The number of hydrogen-bond donors (Lipinski definition) is 0. The first-order valence-corrected chi connectivity index (χ1v) is 7.61. The largest absolute Gasteiger partial charge is 0.469 e. The van der Waals surface area contributed by atoms with Crippen molar-refractivity contribution < 1.29 is 14.0 Å². The molecule has 2 aromatic rings. The molecule has 0 saturated carbocycles. The summed E-state index contributed by atoms with van der Waals surface area (Å²) < 4.78 is 5.31. The van der Waals surface area contributed by atoms with Gasteiger partial charge in [0.2, 0.25) is 0 Å². The maximum atomic E-state index is 12.6. The van der Waals surface area contributed by atoms with E-state index in [9.17, 15) is 9.59 Å². The van der Waals surface area contributed by atoms with Crippen molar-refractivity contribution in [2.45, 2.75) is 13.8 Å². The summed E-state index contributed by atoms with van der Waals surface area (Å²) in [5.41, 5.74) is 2.06. The van der Waals surface area contributed by atoms with Crippen molar-refractivity contribution in [1.82, 2.24) is 14.8 Å². The van der Waals surface area contributed by atoms with Gasteiger partial charge in [0.05, 0.1) is 17.4 Å². The smallest absolute Gasteiger partial charge is 0.257 e. The van der Waals surface area contributed by atoms with Gasteiger partial charge in [0, 0.05) is 44.1 Å². The van der Waals surface area contributed by atoms with Crippen molar-refractivity contribution in [3.63, 3.8) is 0 Å². The second-order valence-electron chi connectivity index (χ2n) is 5.68. The Morgan fingerprint density at radius 2 is 1.74 bits per heavy atom. The predicted molar refractivity (Wildman–Crippen MR) is 84.2 cm³/mol. The fraction of sp³-hybridized carbons (Fsp3) is 0.353. The van der Waals surface area contributed by atoms with E-state index in [1.807, 2.05) is 6.92 Å². The highest BCUT2D eigenvalue weighted by molar-refractivity contribution is 5.97. The molecule has 2 aromatic heterocycles. The lowest BCUT2D eigenvalue weighted by Gasteiger charge is -2.34. The third kappa shape index (κ3) is 2.97. The van der Waals surface area contributed by atoms with Gasteiger partial charge in [-0.1, -0.05) is 0 Å². The molecule has 1 aliphatic heterocycles.